The van der Waals surface area contributed by atoms with E-state index in [9.17, 15) is 0 Å². The largest absolute Gasteiger partial charge is 0.362 e. The van der Waals surface area contributed by atoms with Crippen LogP contribution in [0.25, 0.3) is 0 Å². The topological polar surface area (TPSA) is 12.5 Å². The van der Waals surface area contributed by atoms with Gasteiger partial charge in [-0.1, -0.05) is 42.8 Å². The van der Waals surface area contributed by atoms with Crippen molar-refractivity contribution in [2.24, 2.45) is 17.8 Å². The molecule has 3 fully saturated rings. The summed E-state index contributed by atoms with van der Waals surface area (Å²) in [5.41, 5.74) is 2.86. The maximum atomic E-state index is 6.79. The van der Waals surface area contributed by atoms with E-state index in [-0.39, 0.29) is 5.60 Å². The van der Waals surface area contributed by atoms with Crippen LogP contribution >= 0.6 is 0 Å². The first-order valence-corrected chi connectivity index (χ1v) is 9.39. The predicted octanol–water partition coefficient (Wildman–Crippen LogP) is 3.98. The number of fused-ring (bicyclic) bond motifs is 4. The van der Waals surface area contributed by atoms with Gasteiger partial charge < -0.3 is 9.64 Å². The van der Waals surface area contributed by atoms with E-state index in [2.05, 4.69) is 48.4 Å². The van der Waals surface area contributed by atoms with Crippen molar-refractivity contribution >= 4 is 0 Å². The number of hydrogen-bond acceptors (Lipinski definition) is 2. The van der Waals surface area contributed by atoms with Gasteiger partial charge in [-0.05, 0) is 55.7 Å². The van der Waals surface area contributed by atoms with Gasteiger partial charge in [-0.2, -0.15) is 0 Å². The molecule has 5 rings (SSSR count). The molecule has 0 aromatic heterocycles. The van der Waals surface area contributed by atoms with Gasteiger partial charge in [-0.25, -0.2) is 0 Å². The second-order valence-electron chi connectivity index (χ2n) is 8.20. The summed E-state index contributed by atoms with van der Waals surface area (Å²) in [6, 6.07) is 11.1. The molecular weight excluding hydrogens is 282 g/mol. The molecule has 0 radical (unpaired) electrons. The molecule has 1 saturated heterocycles. The van der Waals surface area contributed by atoms with Crippen LogP contribution in [0, 0.1) is 17.8 Å². The Morgan fingerprint density at radius 2 is 2.00 bits per heavy atom. The van der Waals surface area contributed by atoms with E-state index >= 15 is 0 Å². The first kappa shape index (κ1) is 14.2. The monoisotopic (exact) mass is 309 g/mol. The van der Waals surface area contributed by atoms with Gasteiger partial charge in [0.1, 0.15) is 5.60 Å². The molecule has 2 saturated carbocycles. The lowest BCUT2D eigenvalue weighted by atomic mass is 9.58. The summed E-state index contributed by atoms with van der Waals surface area (Å²) < 4.78 is 6.79. The minimum atomic E-state index is -0.104. The van der Waals surface area contributed by atoms with E-state index in [0.717, 1.165) is 37.3 Å². The molecular formula is C21H27NO. The zero-order valence-corrected chi connectivity index (χ0v) is 14.1. The quantitative estimate of drug-likeness (QED) is 0.766. The van der Waals surface area contributed by atoms with E-state index in [0.29, 0.717) is 6.10 Å². The first-order valence-electron chi connectivity index (χ1n) is 9.39. The van der Waals surface area contributed by atoms with Crippen molar-refractivity contribution in [3.63, 3.8) is 0 Å². The van der Waals surface area contributed by atoms with Crippen LogP contribution in [-0.2, 0) is 10.3 Å². The van der Waals surface area contributed by atoms with E-state index in [1.54, 1.807) is 5.57 Å². The highest BCUT2D eigenvalue weighted by molar-refractivity contribution is 5.40. The van der Waals surface area contributed by atoms with Gasteiger partial charge in [-0.3, -0.25) is 0 Å². The molecule has 2 aliphatic heterocycles. The van der Waals surface area contributed by atoms with Crippen LogP contribution in [0.2, 0.25) is 0 Å². The lowest BCUT2D eigenvalue weighted by molar-refractivity contribution is -0.279. The SMILES string of the molecule is CN1CC=C(C2(c3ccccc3)OC3CC4CCC(C4)C32)CC1. The van der Waals surface area contributed by atoms with E-state index in [4.69, 9.17) is 4.74 Å². The summed E-state index contributed by atoms with van der Waals surface area (Å²) in [5, 5.41) is 0. The van der Waals surface area contributed by atoms with Gasteiger partial charge in [0.25, 0.3) is 0 Å². The summed E-state index contributed by atoms with van der Waals surface area (Å²) in [6.07, 6.45) is 9.76. The summed E-state index contributed by atoms with van der Waals surface area (Å²) in [7, 11) is 2.22. The highest BCUT2D eigenvalue weighted by atomic mass is 16.5. The van der Waals surface area contributed by atoms with Crippen molar-refractivity contribution in [1.82, 2.24) is 4.90 Å². The molecule has 1 aromatic rings. The third kappa shape index (κ3) is 2.01. The number of nitrogens with zero attached hydrogens (tertiary/aromatic N) is 1. The number of ether oxygens (including phenoxy) is 1. The fourth-order valence-electron chi connectivity index (χ4n) is 5.92. The van der Waals surface area contributed by atoms with Crippen LogP contribution in [0.15, 0.2) is 42.0 Å². The van der Waals surface area contributed by atoms with E-state index in [1.165, 1.54) is 31.2 Å². The van der Waals surface area contributed by atoms with Crippen molar-refractivity contribution in [2.75, 3.05) is 20.1 Å². The summed E-state index contributed by atoms with van der Waals surface area (Å²) in [6.45, 7) is 2.23. The van der Waals surface area contributed by atoms with Crippen molar-refractivity contribution in [3.8, 4) is 0 Å². The third-order valence-electron chi connectivity index (χ3n) is 6.95. The van der Waals surface area contributed by atoms with Gasteiger partial charge in [0.2, 0.25) is 0 Å². The fraction of sp³-hybridized carbons (Fsp3) is 0.619. The number of hydrogen-bond donors (Lipinski definition) is 0. The zero-order chi connectivity index (χ0) is 15.4. The molecule has 4 aliphatic rings. The van der Waals surface area contributed by atoms with Crippen LogP contribution in [0.5, 0.6) is 0 Å². The molecule has 2 nitrogen and oxygen atoms in total. The average molecular weight is 309 g/mol. The summed E-state index contributed by atoms with van der Waals surface area (Å²) in [5.74, 6) is 2.55. The molecule has 23 heavy (non-hydrogen) atoms. The highest BCUT2D eigenvalue weighted by Gasteiger charge is 2.63. The number of benzene rings is 1. The van der Waals surface area contributed by atoms with Crippen LogP contribution in [-0.4, -0.2) is 31.1 Å². The summed E-state index contributed by atoms with van der Waals surface area (Å²) in [4.78, 5) is 2.41. The Morgan fingerprint density at radius 1 is 1.13 bits per heavy atom. The van der Waals surface area contributed by atoms with Crippen LogP contribution in [0.1, 0.15) is 37.7 Å². The maximum absolute atomic E-state index is 6.79. The Kier molecular flexibility index (Phi) is 3.21. The average Bonchev–Trinajstić information content (AvgIpc) is 2.95. The zero-order valence-electron chi connectivity index (χ0n) is 14.1. The van der Waals surface area contributed by atoms with Crippen LogP contribution in [0.3, 0.4) is 0 Å². The Bertz CT molecular complexity index is 624. The molecule has 0 N–H and O–H groups in total. The normalized spacial score (nSPS) is 42.7. The molecule has 0 amide bonds. The molecule has 122 valence electrons. The highest BCUT2D eigenvalue weighted by Crippen LogP contribution is 2.64. The fourth-order valence-corrected chi connectivity index (χ4v) is 5.92. The second kappa shape index (κ2) is 5.19. The van der Waals surface area contributed by atoms with Crippen LogP contribution in [0.4, 0.5) is 0 Å². The van der Waals surface area contributed by atoms with E-state index in [1.807, 2.05) is 0 Å². The Hall–Kier alpha value is -1.12. The van der Waals surface area contributed by atoms with Gasteiger partial charge in [0.15, 0.2) is 0 Å². The third-order valence-corrected chi connectivity index (χ3v) is 6.95. The van der Waals surface area contributed by atoms with Crippen molar-refractivity contribution < 1.29 is 4.74 Å². The molecule has 0 spiro atoms. The molecule has 1 aromatic carbocycles. The number of rotatable bonds is 2. The molecule has 2 heteroatoms. The molecule has 2 heterocycles. The number of likely N-dealkylation sites (N-methyl/N-ethyl adjacent to an activating group) is 1. The van der Waals surface area contributed by atoms with Crippen molar-refractivity contribution in [3.05, 3.63) is 47.5 Å². The standard InChI is InChI=1S/C21H27NO/c1-22-11-9-18(10-12-22)21(17-5-3-2-4-6-17)20-16-8-7-15(13-16)14-19(20)23-21/h2-6,9,15-16,19-20H,7-8,10-14H2,1H3. The van der Waals surface area contributed by atoms with Gasteiger partial charge >= 0.3 is 0 Å². The minimum absolute atomic E-state index is 0.104. The Labute approximate surface area is 139 Å². The predicted molar refractivity (Wildman–Crippen MR) is 92.1 cm³/mol. The minimum Gasteiger partial charge on any atom is -0.362 e. The smallest absolute Gasteiger partial charge is 0.120 e. The van der Waals surface area contributed by atoms with Crippen molar-refractivity contribution in [2.45, 2.75) is 43.8 Å². The van der Waals surface area contributed by atoms with Crippen molar-refractivity contribution in [1.29, 1.82) is 0 Å². The molecule has 5 unspecified atom stereocenters. The van der Waals surface area contributed by atoms with Gasteiger partial charge in [0, 0.05) is 19.0 Å². The lowest BCUT2D eigenvalue weighted by Gasteiger charge is -2.61. The van der Waals surface area contributed by atoms with E-state index < -0.39 is 0 Å². The first-order chi connectivity index (χ1) is 11.3. The molecule has 5 atom stereocenters. The lowest BCUT2D eigenvalue weighted by Crippen LogP contribution is -2.63. The van der Waals surface area contributed by atoms with Gasteiger partial charge in [0.05, 0.1) is 6.10 Å². The molecule has 2 bridgehead atoms. The summed E-state index contributed by atoms with van der Waals surface area (Å²) >= 11 is 0. The maximum Gasteiger partial charge on any atom is 0.120 e. The van der Waals surface area contributed by atoms with Gasteiger partial charge in [-0.15, -0.1) is 0 Å². The Balaban J connectivity index is 1.58. The molecule has 2 aliphatic carbocycles. The Morgan fingerprint density at radius 3 is 2.78 bits per heavy atom. The van der Waals surface area contributed by atoms with Crippen LogP contribution < -0.4 is 0 Å². The second-order valence-corrected chi connectivity index (χ2v) is 8.20.